The highest BCUT2D eigenvalue weighted by Crippen LogP contribution is 2.27. The lowest BCUT2D eigenvalue weighted by Gasteiger charge is -2.23. The first kappa shape index (κ1) is 13.1. The van der Waals surface area contributed by atoms with Gasteiger partial charge in [0, 0.05) is 28.3 Å². The molecule has 0 saturated carbocycles. The molecular formula is C13H16ClNS2. The fourth-order valence-electron chi connectivity index (χ4n) is 1.70. The smallest absolute Gasteiger partial charge is 0.0931 e. The summed E-state index contributed by atoms with van der Waals surface area (Å²) in [5.74, 6) is 0. The van der Waals surface area contributed by atoms with Crippen LogP contribution < -0.4 is 5.32 Å². The minimum atomic E-state index is 0.190. The number of halogens is 1. The Labute approximate surface area is 115 Å². The predicted molar refractivity (Wildman–Crippen MR) is 78.4 cm³/mol. The van der Waals surface area contributed by atoms with E-state index in [-0.39, 0.29) is 5.41 Å². The van der Waals surface area contributed by atoms with Gasteiger partial charge in [0.15, 0.2) is 0 Å². The Morgan fingerprint density at radius 1 is 1.29 bits per heavy atom. The molecule has 2 aromatic heterocycles. The van der Waals surface area contributed by atoms with Crippen molar-refractivity contribution in [3.8, 4) is 0 Å². The van der Waals surface area contributed by atoms with Crippen molar-refractivity contribution in [3.63, 3.8) is 0 Å². The maximum Gasteiger partial charge on any atom is 0.0931 e. The SMILES string of the molecule is CC(C)(CNCc1ccc(Cl)s1)c1cccs1. The lowest BCUT2D eigenvalue weighted by molar-refractivity contribution is 0.478. The van der Waals surface area contributed by atoms with Crippen LogP contribution in [0.3, 0.4) is 0 Å². The van der Waals surface area contributed by atoms with Crippen LogP contribution in [-0.4, -0.2) is 6.54 Å². The number of thiophene rings is 2. The zero-order valence-corrected chi connectivity index (χ0v) is 12.4. The van der Waals surface area contributed by atoms with Crippen LogP contribution in [0.5, 0.6) is 0 Å². The molecule has 92 valence electrons. The van der Waals surface area contributed by atoms with E-state index < -0.39 is 0 Å². The molecule has 0 spiro atoms. The Hall–Kier alpha value is -0.350. The normalized spacial score (nSPS) is 11.9. The molecule has 0 aromatic carbocycles. The first-order valence-electron chi connectivity index (χ1n) is 5.57. The fraction of sp³-hybridized carbons (Fsp3) is 0.385. The maximum atomic E-state index is 5.90. The minimum absolute atomic E-state index is 0.190. The molecule has 0 unspecified atom stereocenters. The fourth-order valence-corrected chi connectivity index (χ4v) is 3.60. The van der Waals surface area contributed by atoms with Gasteiger partial charge in [0.25, 0.3) is 0 Å². The summed E-state index contributed by atoms with van der Waals surface area (Å²) >= 11 is 9.37. The van der Waals surface area contributed by atoms with Gasteiger partial charge in [-0.15, -0.1) is 22.7 Å². The van der Waals surface area contributed by atoms with Crippen LogP contribution in [0.25, 0.3) is 0 Å². The summed E-state index contributed by atoms with van der Waals surface area (Å²) in [6, 6.07) is 8.35. The molecule has 4 heteroatoms. The third-order valence-electron chi connectivity index (χ3n) is 2.68. The molecule has 0 fully saturated rings. The third kappa shape index (κ3) is 3.55. The second-order valence-electron chi connectivity index (χ2n) is 4.67. The van der Waals surface area contributed by atoms with Gasteiger partial charge in [-0.2, -0.15) is 0 Å². The van der Waals surface area contributed by atoms with Crippen molar-refractivity contribution < 1.29 is 0 Å². The largest absolute Gasteiger partial charge is 0.311 e. The van der Waals surface area contributed by atoms with E-state index >= 15 is 0 Å². The molecule has 1 nitrogen and oxygen atoms in total. The van der Waals surface area contributed by atoms with E-state index in [0.717, 1.165) is 17.4 Å². The summed E-state index contributed by atoms with van der Waals surface area (Å²) in [5, 5.41) is 5.64. The quantitative estimate of drug-likeness (QED) is 0.851. The highest BCUT2D eigenvalue weighted by atomic mass is 35.5. The molecule has 2 heterocycles. The number of hydrogen-bond donors (Lipinski definition) is 1. The first-order chi connectivity index (χ1) is 8.08. The molecule has 2 rings (SSSR count). The number of rotatable bonds is 5. The van der Waals surface area contributed by atoms with Gasteiger partial charge in [0.05, 0.1) is 4.34 Å². The molecule has 0 amide bonds. The second kappa shape index (κ2) is 5.53. The van der Waals surface area contributed by atoms with Gasteiger partial charge in [-0.25, -0.2) is 0 Å². The molecule has 17 heavy (non-hydrogen) atoms. The minimum Gasteiger partial charge on any atom is -0.311 e. The van der Waals surface area contributed by atoms with Crippen LogP contribution in [0.4, 0.5) is 0 Å². The predicted octanol–water partition coefficient (Wildman–Crippen LogP) is 4.53. The van der Waals surface area contributed by atoms with Gasteiger partial charge in [0.2, 0.25) is 0 Å². The topological polar surface area (TPSA) is 12.0 Å². The van der Waals surface area contributed by atoms with Crippen molar-refractivity contribution in [1.29, 1.82) is 0 Å². The van der Waals surface area contributed by atoms with Crippen molar-refractivity contribution in [2.45, 2.75) is 25.8 Å². The molecule has 0 saturated heterocycles. The average Bonchev–Trinajstić information content (AvgIpc) is 2.89. The van der Waals surface area contributed by atoms with Crippen LogP contribution in [0.2, 0.25) is 4.34 Å². The highest BCUT2D eigenvalue weighted by molar-refractivity contribution is 7.16. The number of hydrogen-bond acceptors (Lipinski definition) is 3. The van der Waals surface area contributed by atoms with Crippen molar-refractivity contribution >= 4 is 34.3 Å². The number of nitrogens with one attached hydrogen (secondary N) is 1. The van der Waals surface area contributed by atoms with Crippen molar-refractivity contribution in [1.82, 2.24) is 5.32 Å². The van der Waals surface area contributed by atoms with Crippen LogP contribution in [-0.2, 0) is 12.0 Å². The standard InChI is InChI=1S/C13H16ClNS2/c1-13(2,11-4-3-7-16-11)9-15-8-10-5-6-12(14)17-10/h3-7,15H,8-9H2,1-2H3. The summed E-state index contributed by atoms with van der Waals surface area (Å²) < 4.78 is 0.860. The molecule has 0 aliphatic heterocycles. The third-order valence-corrected chi connectivity index (χ3v) is 5.15. The van der Waals surface area contributed by atoms with E-state index in [0.29, 0.717) is 0 Å². The van der Waals surface area contributed by atoms with Gasteiger partial charge >= 0.3 is 0 Å². The summed E-state index contributed by atoms with van der Waals surface area (Å²) in [5.41, 5.74) is 0.190. The van der Waals surface area contributed by atoms with Gasteiger partial charge < -0.3 is 5.32 Å². The van der Waals surface area contributed by atoms with E-state index in [1.807, 2.05) is 17.4 Å². The molecule has 0 aliphatic rings. The molecule has 0 atom stereocenters. The Balaban J connectivity index is 1.86. The van der Waals surface area contributed by atoms with Gasteiger partial charge in [-0.1, -0.05) is 31.5 Å². The molecule has 0 radical (unpaired) electrons. The maximum absolute atomic E-state index is 5.90. The Kier molecular flexibility index (Phi) is 4.26. The van der Waals surface area contributed by atoms with E-state index in [1.165, 1.54) is 9.75 Å². The highest BCUT2D eigenvalue weighted by Gasteiger charge is 2.20. The second-order valence-corrected chi connectivity index (χ2v) is 7.42. The molecule has 2 aromatic rings. The van der Waals surface area contributed by atoms with Crippen molar-refractivity contribution in [2.24, 2.45) is 0 Å². The Bertz CT molecular complexity index is 459. The average molecular weight is 286 g/mol. The summed E-state index contributed by atoms with van der Waals surface area (Å²) in [6.45, 7) is 6.41. The lowest BCUT2D eigenvalue weighted by atomic mass is 9.91. The van der Waals surface area contributed by atoms with E-state index in [9.17, 15) is 0 Å². The van der Waals surface area contributed by atoms with Gasteiger partial charge in [-0.05, 0) is 23.6 Å². The van der Waals surface area contributed by atoms with E-state index in [4.69, 9.17) is 11.6 Å². The van der Waals surface area contributed by atoms with Crippen LogP contribution in [0.1, 0.15) is 23.6 Å². The van der Waals surface area contributed by atoms with Crippen LogP contribution in [0, 0.1) is 0 Å². The van der Waals surface area contributed by atoms with E-state index in [1.54, 1.807) is 11.3 Å². The first-order valence-corrected chi connectivity index (χ1v) is 7.64. The lowest BCUT2D eigenvalue weighted by Crippen LogP contribution is -2.31. The monoisotopic (exact) mass is 285 g/mol. The van der Waals surface area contributed by atoms with Gasteiger partial charge in [-0.3, -0.25) is 0 Å². The molecule has 0 bridgehead atoms. The molecule has 1 N–H and O–H groups in total. The molecule has 0 aliphatic carbocycles. The van der Waals surface area contributed by atoms with Gasteiger partial charge in [0.1, 0.15) is 0 Å². The van der Waals surface area contributed by atoms with Crippen LogP contribution >= 0.6 is 34.3 Å². The summed E-state index contributed by atoms with van der Waals surface area (Å²) in [4.78, 5) is 2.71. The molecular weight excluding hydrogens is 270 g/mol. The summed E-state index contributed by atoms with van der Waals surface area (Å²) in [7, 11) is 0. The Morgan fingerprint density at radius 3 is 2.71 bits per heavy atom. The summed E-state index contributed by atoms with van der Waals surface area (Å²) in [6.07, 6.45) is 0. The van der Waals surface area contributed by atoms with E-state index in [2.05, 4.69) is 42.7 Å². The van der Waals surface area contributed by atoms with Crippen molar-refractivity contribution in [3.05, 3.63) is 43.7 Å². The Morgan fingerprint density at radius 2 is 2.12 bits per heavy atom. The zero-order chi connectivity index (χ0) is 12.3. The van der Waals surface area contributed by atoms with Crippen molar-refractivity contribution in [2.75, 3.05) is 6.54 Å². The zero-order valence-electron chi connectivity index (χ0n) is 10.00. The van der Waals surface area contributed by atoms with Crippen LogP contribution in [0.15, 0.2) is 29.6 Å².